The van der Waals surface area contributed by atoms with Crippen LogP contribution >= 0.6 is 0 Å². The zero-order valence-corrected chi connectivity index (χ0v) is 20.2. The van der Waals surface area contributed by atoms with Crippen LogP contribution in [0.2, 0.25) is 0 Å². The molecule has 0 aliphatic carbocycles. The Morgan fingerprint density at radius 3 is 2.48 bits per heavy atom. The van der Waals surface area contributed by atoms with E-state index in [1.165, 1.54) is 12.0 Å². The Balaban J connectivity index is 1.76. The number of rotatable bonds is 12. The summed E-state index contributed by atoms with van der Waals surface area (Å²) in [5.41, 5.74) is 1.20. The second-order valence-corrected chi connectivity index (χ2v) is 8.89. The second kappa shape index (κ2) is 14.3. The smallest absolute Gasteiger partial charge is 0.191 e. The molecule has 1 aromatic rings. The van der Waals surface area contributed by atoms with Crippen LogP contribution in [-0.2, 0) is 11.3 Å². The lowest BCUT2D eigenvalue weighted by molar-refractivity contribution is 0.0132. The predicted molar refractivity (Wildman–Crippen MR) is 129 cm³/mol. The molecule has 1 heterocycles. The van der Waals surface area contributed by atoms with Crippen molar-refractivity contribution in [1.82, 2.24) is 20.4 Å². The lowest BCUT2D eigenvalue weighted by Crippen LogP contribution is -2.50. The van der Waals surface area contributed by atoms with Crippen molar-refractivity contribution >= 4 is 5.96 Å². The molecule has 1 saturated heterocycles. The molecule has 2 N–H and O–H groups in total. The Kier molecular flexibility index (Phi) is 11.7. The molecule has 1 atom stereocenters. The molecule has 1 aliphatic rings. The molecule has 0 bridgehead atoms. The molecule has 7 nitrogen and oxygen atoms in total. The van der Waals surface area contributed by atoms with Crippen LogP contribution in [0.15, 0.2) is 29.3 Å². The number of nitrogens with one attached hydrogen (secondary N) is 2. The van der Waals surface area contributed by atoms with Gasteiger partial charge in [0.15, 0.2) is 5.96 Å². The van der Waals surface area contributed by atoms with Gasteiger partial charge in [0.2, 0.25) is 0 Å². The van der Waals surface area contributed by atoms with Crippen molar-refractivity contribution in [2.45, 2.75) is 39.3 Å². The zero-order valence-electron chi connectivity index (χ0n) is 20.2. The lowest BCUT2D eigenvalue weighted by Gasteiger charge is -2.35. The molecule has 7 heteroatoms. The van der Waals surface area contributed by atoms with Crippen LogP contribution in [0.3, 0.4) is 0 Å². The first-order valence-corrected chi connectivity index (χ1v) is 11.6. The van der Waals surface area contributed by atoms with E-state index in [-0.39, 0.29) is 0 Å². The van der Waals surface area contributed by atoms with Gasteiger partial charge in [0.25, 0.3) is 0 Å². The quantitative estimate of drug-likeness (QED) is 0.300. The van der Waals surface area contributed by atoms with Gasteiger partial charge < -0.3 is 25.0 Å². The van der Waals surface area contributed by atoms with Gasteiger partial charge in [-0.3, -0.25) is 9.89 Å². The van der Waals surface area contributed by atoms with Crippen LogP contribution < -0.4 is 15.4 Å². The first kappa shape index (κ1) is 25.4. The summed E-state index contributed by atoms with van der Waals surface area (Å²) in [5.74, 6) is 2.42. The minimum atomic E-state index is 0.492. The van der Waals surface area contributed by atoms with Gasteiger partial charge in [-0.15, -0.1) is 0 Å². The van der Waals surface area contributed by atoms with E-state index < -0.39 is 0 Å². The number of hydrogen-bond acceptors (Lipinski definition) is 5. The van der Waals surface area contributed by atoms with Crippen molar-refractivity contribution in [2.75, 3.05) is 67.1 Å². The fraction of sp³-hybridized carbons (Fsp3) is 0.708. The van der Waals surface area contributed by atoms with Crippen LogP contribution in [0.4, 0.5) is 0 Å². The van der Waals surface area contributed by atoms with Gasteiger partial charge in [-0.1, -0.05) is 26.0 Å². The third kappa shape index (κ3) is 10.4. The van der Waals surface area contributed by atoms with E-state index in [2.05, 4.69) is 65.5 Å². The largest absolute Gasteiger partial charge is 0.494 e. The van der Waals surface area contributed by atoms with Crippen molar-refractivity contribution in [3.05, 3.63) is 29.8 Å². The molecule has 1 aromatic carbocycles. The molecule has 31 heavy (non-hydrogen) atoms. The van der Waals surface area contributed by atoms with Gasteiger partial charge in [-0.25, -0.2) is 0 Å². The minimum Gasteiger partial charge on any atom is -0.494 e. The maximum Gasteiger partial charge on any atom is 0.191 e. The van der Waals surface area contributed by atoms with E-state index in [9.17, 15) is 0 Å². The maximum absolute atomic E-state index is 5.82. The van der Waals surface area contributed by atoms with Crippen LogP contribution in [0, 0.1) is 5.92 Å². The number of hydrogen-bond donors (Lipinski definition) is 2. The fourth-order valence-corrected chi connectivity index (χ4v) is 3.74. The molecule has 0 spiro atoms. The molecule has 0 aromatic heterocycles. The molecule has 2 rings (SSSR count). The Hall–Kier alpha value is -1.83. The average molecular weight is 434 g/mol. The van der Waals surface area contributed by atoms with Gasteiger partial charge >= 0.3 is 0 Å². The molecule has 0 amide bonds. The lowest BCUT2D eigenvalue weighted by atomic mass is 10.0. The summed E-state index contributed by atoms with van der Waals surface area (Å²) >= 11 is 0. The molecular weight excluding hydrogens is 390 g/mol. The standard InChI is InChI=1S/C24H43N5O2/c1-20(2)17-22(29-12-15-30-16-13-29)19-27-24(25-3)26-18-21-7-9-23(10-8-21)31-14-6-11-28(4)5/h7-10,20,22H,6,11-19H2,1-5H3,(H2,25,26,27). The number of aliphatic imine (C=N–C) groups is 1. The third-order valence-electron chi connectivity index (χ3n) is 5.44. The summed E-state index contributed by atoms with van der Waals surface area (Å²) in [6.07, 6.45) is 2.19. The monoisotopic (exact) mass is 433 g/mol. The highest BCUT2D eigenvalue weighted by Crippen LogP contribution is 2.14. The molecule has 1 unspecified atom stereocenters. The predicted octanol–water partition coefficient (Wildman–Crippen LogP) is 2.43. The highest BCUT2D eigenvalue weighted by atomic mass is 16.5. The summed E-state index contributed by atoms with van der Waals surface area (Å²) in [4.78, 5) is 9.12. The molecular formula is C24H43N5O2. The van der Waals surface area contributed by atoms with E-state index in [0.29, 0.717) is 12.0 Å². The fourth-order valence-electron chi connectivity index (χ4n) is 3.74. The number of morpholine rings is 1. The number of benzene rings is 1. The average Bonchev–Trinajstić information content (AvgIpc) is 2.77. The highest BCUT2D eigenvalue weighted by molar-refractivity contribution is 5.79. The van der Waals surface area contributed by atoms with Gasteiger partial charge in [0.1, 0.15) is 5.75 Å². The van der Waals surface area contributed by atoms with Crippen LogP contribution in [0.5, 0.6) is 5.75 Å². The van der Waals surface area contributed by atoms with E-state index in [1.54, 1.807) is 0 Å². The topological polar surface area (TPSA) is 61.4 Å². The van der Waals surface area contributed by atoms with Gasteiger partial charge in [-0.05, 0) is 50.6 Å². The Labute approximate surface area is 189 Å². The number of guanidine groups is 1. The number of nitrogens with zero attached hydrogens (tertiary/aromatic N) is 3. The van der Waals surface area contributed by atoms with Crippen LogP contribution in [-0.4, -0.2) is 88.9 Å². The molecule has 0 radical (unpaired) electrons. The molecule has 1 aliphatic heterocycles. The summed E-state index contributed by atoms with van der Waals surface area (Å²) in [6, 6.07) is 8.79. The highest BCUT2D eigenvalue weighted by Gasteiger charge is 2.22. The molecule has 1 fully saturated rings. The van der Waals surface area contributed by atoms with Crippen molar-refractivity contribution in [3.63, 3.8) is 0 Å². The minimum absolute atomic E-state index is 0.492. The Bertz CT molecular complexity index is 627. The summed E-state index contributed by atoms with van der Waals surface area (Å²) in [7, 11) is 5.99. The zero-order chi connectivity index (χ0) is 22.5. The Morgan fingerprint density at radius 1 is 1.16 bits per heavy atom. The van der Waals surface area contributed by atoms with Crippen molar-refractivity contribution in [1.29, 1.82) is 0 Å². The Morgan fingerprint density at radius 2 is 1.87 bits per heavy atom. The second-order valence-electron chi connectivity index (χ2n) is 8.89. The summed E-state index contributed by atoms with van der Waals surface area (Å²) in [5, 5.41) is 6.96. The van der Waals surface area contributed by atoms with Gasteiger partial charge in [0, 0.05) is 45.8 Å². The van der Waals surface area contributed by atoms with Crippen molar-refractivity contribution < 1.29 is 9.47 Å². The maximum atomic E-state index is 5.82. The van der Waals surface area contributed by atoms with Crippen LogP contribution in [0.25, 0.3) is 0 Å². The van der Waals surface area contributed by atoms with Crippen molar-refractivity contribution in [3.8, 4) is 5.75 Å². The van der Waals surface area contributed by atoms with E-state index >= 15 is 0 Å². The summed E-state index contributed by atoms with van der Waals surface area (Å²) in [6.45, 7) is 11.7. The molecule has 176 valence electrons. The van der Waals surface area contributed by atoms with Gasteiger partial charge in [0.05, 0.1) is 19.8 Å². The SMILES string of the molecule is CN=C(NCc1ccc(OCCCN(C)C)cc1)NCC(CC(C)C)N1CCOCC1. The molecule has 0 saturated carbocycles. The summed E-state index contributed by atoms with van der Waals surface area (Å²) < 4.78 is 11.3. The van der Waals surface area contributed by atoms with Crippen LogP contribution in [0.1, 0.15) is 32.3 Å². The van der Waals surface area contributed by atoms with E-state index in [1.807, 2.05) is 19.2 Å². The number of ether oxygens (including phenoxy) is 2. The van der Waals surface area contributed by atoms with Gasteiger partial charge in [-0.2, -0.15) is 0 Å². The first-order valence-electron chi connectivity index (χ1n) is 11.6. The van der Waals surface area contributed by atoms with E-state index in [0.717, 1.165) is 70.7 Å². The normalized spacial score (nSPS) is 16.5. The first-order chi connectivity index (χ1) is 15.0. The third-order valence-corrected chi connectivity index (χ3v) is 5.44. The van der Waals surface area contributed by atoms with Crippen molar-refractivity contribution in [2.24, 2.45) is 10.9 Å². The van der Waals surface area contributed by atoms with E-state index in [4.69, 9.17) is 9.47 Å².